The van der Waals surface area contributed by atoms with Gasteiger partial charge in [0, 0.05) is 21.7 Å². The van der Waals surface area contributed by atoms with Crippen molar-refractivity contribution in [1.82, 2.24) is 0 Å². The average Bonchev–Trinajstić information content (AvgIpc) is 3.06. The zero-order valence-electron chi connectivity index (χ0n) is 13.7. The average molecular weight is 351 g/mol. The van der Waals surface area contributed by atoms with Crippen molar-refractivity contribution in [3.8, 4) is 16.2 Å². The molecule has 0 saturated carbocycles. The first-order valence-corrected chi connectivity index (χ1v) is 8.55. The third-order valence-electron chi connectivity index (χ3n) is 3.87. The molecule has 1 heterocycles. The lowest BCUT2D eigenvalue weighted by molar-refractivity contribution is 0.0992. The van der Waals surface area contributed by atoms with Crippen LogP contribution < -0.4 is 10.5 Å². The third kappa shape index (κ3) is 3.78. The van der Waals surface area contributed by atoms with Gasteiger partial charge >= 0.3 is 0 Å². The lowest BCUT2D eigenvalue weighted by Crippen LogP contribution is -2.13. The molecule has 2 N–H and O–H groups in total. The second-order valence-corrected chi connectivity index (χ2v) is 6.64. The van der Waals surface area contributed by atoms with E-state index in [1.54, 1.807) is 37.4 Å². The number of carbonyl (C=O) groups excluding carboxylic acids is 2. The highest BCUT2D eigenvalue weighted by Crippen LogP contribution is 2.32. The number of nitrogens with two attached hydrogens (primary N) is 1. The maximum Gasteiger partial charge on any atom is 0.249 e. The summed E-state index contributed by atoms with van der Waals surface area (Å²) in [7, 11) is 1.58. The number of hydrogen-bond acceptors (Lipinski definition) is 4. The predicted molar refractivity (Wildman–Crippen MR) is 99.3 cm³/mol. The van der Waals surface area contributed by atoms with E-state index in [2.05, 4.69) is 0 Å². The first-order valence-electron chi connectivity index (χ1n) is 7.73. The van der Waals surface area contributed by atoms with Gasteiger partial charge in [-0.2, -0.15) is 0 Å². The summed E-state index contributed by atoms with van der Waals surface area (Å²) in [5, 5.41) is 0. The van der Waals surface area contributed by atoms with Crippen molar-refractivity contribution < 1.29 is 14.3 Å². The molecule has 126 valence electrons. The minimum Gasteiger partial charge on any atom is -0.497 e. The summed E-state index contributed by atoms with van der Waals surface area (Å²) >= 11 is 1.43. The van der Waals surface area contributed by atoms with Gasteiger partial charge in [-0.3, -0.25) is 9.59 Å². The van der Waals surface area contributed by atoms with Crippen LogP contribution in [0.5, 0.6) is 5.75 Å². The Morgan fingerprint density at radius 3 is 2.32 bits per heavy atom. The van der Waals surface area contributed by atoms with Crippen molar-refractivity contribution in [3.05, 3.63) is 76.7 Å². The second kappa shape index (κ2) is 7.32. The van der Waals surface area contributed by atoms with Gasteiger partial charge in [0.1, 0.15) is 5.75 Å². The minimum atomic E-state index is -0.518. The normalized spacial score (nSPS) is 10.4. The molecular weight excluding hydrogens is 334 g/mol. The molecule has 3 rings (SSSR count). The summed E-state index contributed by atoms with van der Waals surface area (Å²) < 4.78 is 5.10. The van der Waals surface area contributed by atoms with E-state index in [4.69, 9.17) is 10.5 Å². The Morgan fingerprint density at radius 1 is 1.04 bits per heavy atom. The van der Waals surface area contributed by atoms with Gasteiger partial charge in [-0.1, -0.05) is 30.3 Å². The van der Waals surface area contributed by atoms with Crippen molar-refractivity contribution >= 4 is 23.0 Å². The second-order valence-electron chi connectivity index (χ2n) is 5.51. The Kier molecular flexibility index (Phi) is 4.95. The SMILES string of the molecule is COc1ccc(C(=O)Cc2sc(-c3ccccc3)cc2C(N)=O)cc1. The standard InChI is InChI=1S/C20H17NO3S/c1-24-15-9-7-13(8-10-15)17(22)12-19-16(20(21)23)11-18(25-19)14-5-3-2-4-6-14/h2-11H,12H2,1H3,(H2,21,23). The lowest BCUT2D eigenvalue weighted by atomic mass is 10.0. The third-order valence-corrected chi connectivity index (χ3v) is 5.05. The number of rotatable bonds is 6. The molecule has 0 aliphatic heterocycles. The largest absolute Gasteiger partial charge is 0.497 e. The van der Waals surface area contributed by atoms with Gasteiger partial charge in [-0.05, 0) is 35.9 Å². The Bertz CT molecular complexity index is 898. The molecule has 0 atom stereocenters. The highest BCUT2D eigenvalue weighted by atomic mass is 32.1. The van der Waals surface area contributed by atoms with Crippen LogP contribution in [0, 0.1) is 0 Å². The van der Waals surface area contributed by atoms with Crippen LogP contribution in [0.15, 0.2) is 60.7 Å². The van der Waals surface area contributed by atoms with E-state index in [0.717, 1.165) is 10.4 Å². The van der Waals surface area contributed by atoms with Gasteiger partial charge in [0.05, 0.1) is 12.7 Å². The first-order chi connectivity index (χ1) is 12.1. The van der Waals surface area contributed by atoms with E-state index in [-0.39, 0.29) is 12.2 Å². The fourth-order valence-corrected chi connectivity index (χ4v) is 3.71. The van der Waals surface area contributed by atoms with E-state index in [9.17, 15) is 9.59 Å². The summed E-state index contributed by atoms with van der Waals surface area (Å²) in [5.41, 5.74) is 7.48. The Hall–Kier alpha value is -2.92. The molecule has 0 radical (unpaired) electrons. The van der Waals surface area contributed by atoms with Crippen LogP contribution in [0.3, 0.4) is 0 Å². The van der Waals surface area contributed by atoms with Crippen molar-refractivity contribution in [2.75, 3.05) is 7.11 Å². The molecular formula is C20H17NO3S. The Labute approximate surface area is 149 Å². The molecule has 0 bridgehead atoms. The molecule has 2 aromatic carbocycles. The highest BCUT2D eigenvalue weighted by molar-refractivity contribution is 7.16. The van der Waals surface area contributed by atoms with Gasteiger partial charge in [0.2, 0.25) is 5.91 Å². The molecule has 4 nitrogen and oxygen atoms in total. The number of Topliss-reactive ketones (excluding diaryl/α,β-unsaturated/α-hetero) is 1. The van der Waals surface area contributed by atoms with Crippen LogP contribution >= 0.6 is 11.3 Å². The topological polar surface area (TPSA) is 69.4 Å². The fourth-order valence-electron chi connectivity index (χ4n) is 2.54. The molecule has 0 spiro atoms. The number of benzene rings is 2. The van der Waals surface area contributed by atoms with Crippen LogP contribution in [0.1, 0.15) is 25.6 Å². The van der Waals surface area contributed by atoms with E-state index >= 15 is 0 Å². The molecule has 0 unspecified atom stereocenters. The van der Waals surface area contributed by atoms with Crippen LogP contribution in [0.25, 0.3) is 10.4 Å². The number of hydrogen-bond donors (Lipinski definition) is 1. The number of ketones is 1. The van der Waals surface area contributed by atoms with Crippen molar-refractivity contribution in [2.45, 2.75) is 6.42 Å². The van der Waals surface area contributed by atoms with Gasteiger partial charge in [0.25, 0.3) is 0 Å². The van der Waals surface area contributed by atoms with Gasteiger partial charge in [0.15, 0.2) is 5.78 Å². The quantitative estimate of drug-likeness (QED) is 0.684. The van der Waals surface area contributed by atoms with Crippen molar-refractivity contribution in [2.24, 2.45) is 5.73 Å². The highest BCUT2D eigenvalue weighted by Gasteiger charge is 2.18. The van der Waals surface area contributed by atoms with Crippen LogP contribution in [-0.2, 0) is 6.42 Å². The van der Waals surface area contributed by atoms with Crippen LogP contribution in [0.2, 0.25) is 0 Å². The zero-order chi connectivity index (χ0) is 17.8. The lowest BCUT2D eigenvalue weighted by Gasteiger charge is -2.03. The smallest absolute Gasteiger partial charge is 0.249 e. The van der Waals surface area contributed by atoms with Gasteiger partial charge in [-0.15, -0.1) is 11.3 Å². The van der Waals surface area contributed by atoms with Crippen molar-refractivity contribution in [1.29, 1.82) is 0 Å². The Balaban J connectivity index is 1.89. The molecule has 0 aliphatic carbocycles. The van der Waals surface area contributed by atoms with E-state index in [1.165, 1.54) is 11.3 Å². The maximum atomic E-state index is 12.5. The molecule has 1 aromatic heterocycles. The van der Waals surface area contributed by atoms with E-state index in [0.29, 0.717) is 21.8 Å². The first kappa shape index (κ1) is 16.9. The summed E-state index contributed by atoms with van der Waals surface area (Å²) in [5.74, 6) is 0.111. The summed E-state index contributed by atoms with van der Waals surface area (Å²) in [6.07, 6.45) is 0.141. The molecule has 3 aromatic rings. The van der Waals surface area contributed by atoms with Crippen molar-refractivity contribution in [3.63, 3.8) is 0 Å². The number of amides is 1. The summed E-state index contributed by atoms with van der Waals surface area (Å²) in [6.45, 7) is 0. The van der Waals surface area contributed by atoms with Crippen LogP contribution in [0.4, 0.5) is 0 Å². The molecule has 1 amide bonds. The minimum absolute atomic E-state index is 0.0633. The number of ether oxygens (including phenoxy) is 1. The summed E-state index contributed by atoms with van der Waals surface area (Å²) in [4.78, 5) is 25.9. The molecule has 5 heteroatoms. The number of carbonyl (C=O) groups is 2. The molecule has 0 saturated heterocycles. The van der Waals surface area contributed by atoms with E-state index in [1.807, 2.05) is 30.3 Å². The maximum absolute atomic E-state index is 12.5. The molecule has 25 heavy (non-hydrogen) atoms. The molecule has 0 fully saturated rings. The monoisotopic (exact) mass is 351 g/mol. The number of primary amides is 1. The van der Waals surface area contributed by atoms with Gasteiger partial charge in [-0.25, -0.2) is 0 Å². The number of methoxy groups -OCH3 is 1. The van der Waals surface area contributed by atoms with Gasteiger partial charge < -0.3 is 10.5 Å². The number of thiophene rings is 1. The Morgan fingerprint density at radius 2 is 1.72 bits per heavy atom. The predicted octanol–water partition coefficient (Wildman–Crippen LogP) is 3.95. The van der Waals surface area contributed by atoms with E-state index < -0.39 is 5.91 Å². The van der Waals surface area contributed by atoms with Crippen LogP contribution in [-0.4, -0.2) is 18.8 Å². The fraction of sp³-hybridized carbons (Fsp3) is 0.100. The molecule has 0 aliphatic rings. The zero-order valence-corrected chi connectivity index (χ0v) is 14.5. The summed E-state index contributed by atoms with van der Waals surface area (Å²) in [6, 6.07) is 18.4.